The second-order valence-electron chi connectivity index (χ2n) is 5.21. The number of rotatable bonds is 7. The molecule has 0 aliphatic carbocycles. The molecule has 1 heterocycles. The molecule has 6 nitrogen and oxygen atoms in total. The smallest absolute Gasteiger partial charge is 0.324 e. The standard InChI is InChI=1S/C13H24N4O2/c1-6-8-14-10-15-11(18-9-7-2)17-12(16-10)19-13(3,4)5/h6-9H2,1-5H3,(H,14,15,16,17). The van der Waals surface area contributed by atoms with Crippen molar-refractivity contribution in [3.05, 3.63) is 0 Å². The van der Waals surface area contributed by atoms with Crippen LogP contribution in [0.1, 0.15) is 47.5 Å². The number of ether oxygens (including phenoxy) is 2. The molecule has 0 bridgehead atoms. The van der Waals surface area contributed by atoms with Gasteiger partial charge in [-0.1, -0.05) is 13.8 Å². The van der Waals surface area contributed by atoms with Gasteiger partial charge in [-0.05, 0) is 33.6 Å². The maximum Gasteiger partial charge on any atom is 0.324 e. The van der Waals surface area contributed by atoms with Gasteiger partial charge in [-0.3, -0.25) is 0 Å². The lowest BCUT2D eigenvalue weighted by molar-refractivity contribution is 0.114. The van der Waals surface area contributed by atoms with E-state index in [9.17, 15) is 0 Å². The summed E-state index contributed by atoms with van der Waals surface area (Å²) in [6, 6.07) is 0.585. The van der Waals surface area contributed by atoms with Crippen LogP contribution in [0.3, 0.4) is 0 Å². The molecule has 1 aromatic rings. The molecule has 0 atom stereocenters. The summed E-state index contributed by atoms with van der Waals surface area (Å²) in [5, 5.41) is 3.12. The van der Waals surface area contributed by atoms with E-state index >= 15 is 0 Å². The molecule has 0 saturated heterocycles. The Kier molecular flexibility index (Phi) is 5.79. The van der Waals surface area contributed by atoms with Crippen LogP contribution in [0.15, 0.2) is 0 Å². The van der Waals surface area contributed by atoms with Crippen LogP contribution in [-0.4, -0.2) is 33.7 Å². The Labute approximate surface area is 115 Å². The molecule has 0 spiro atoms. The summed E-state index contributed by atoms with van der Waals surface area (Å²) in [6.45, 7) is 11.3. The first-order valence-corrected chi connectivity index (χ1v) is 6.76. The summed E-state index contributed by atoms with van der Waals surface area (Å²) in [6.07, 6.45) is 1.89. The minimum Gasteiger partial charge on any atom is -0.463 e. The van der Waals surface area contributed by atoms with Gasteiger partial charge in [-0.15, -0.1) is 4.98 Å². The highest BCUT2D eigenvalue weighted by atomic mass is 16.5. The summed E-state index contributed by atoms with van der Waals surface area (Å²) in [7, 11) is 0. The Hall–Kier alpha value is -1.59. The highest BCUT2D eigenvalue weighted by Crippen LogP contribution is 2.17. The monoisotopic (exact) mass is 268 g/mol. The van der Waals surface area contributed by atoms with E-state index < -0.39 is 0 Å². The van der Waals surface area contributed by atoms with E-state index in [4.69, 9.17) is 9.47 Å². The van der Waals surface area contributed by atoms with E-state index in [0.29, 0.717) is 18.6 Å². The number of anilines is 1. The molecule has 0 saturated carbocycles. The molecular weight excluding hydrogens is 244 g/mol. The maximum atomic E-state index is 5.66. The lowest BCUT2D eigenvalue weighted by atomic mass is 10.2. The van der Waals surface area contributed by atoms with Gasteiger partial charge in [0.2, 0.25) is 5.95 Å². The van der Waals surface area contributed by atoms with Gasteiger partial charge in [0.05, 0.1) is 6.61 Å². The summed E-state index contributed by atoms with van der Waals surface area (Å²) in [4.78, 5) is 12.6. The Bertz CT molecular complexity index is 364. The summed E-state index contributed by atoms with van der Waals surface area (Å²) in [5.74, 6) is 0.488. The van der Waals surface area contributed by atoms with Crippen molar-refractivity contribution in [2.75, 3.05) is 18.5 Å². The fourth-order valence-electron chi connectivity index (χ4n) is 1.23. The third-order valence-electron chi connectivity index (χ3n) is 1.96. The van der Waals surface area contributed by atoms with Gasteiger partial charge >= 0.3 is 12.0 Å². The Balaban J connectivity index is 2.88. The maximum absolute atomic E-state index is 5.66. The predicted octanol–water partition coefficient (Wildman–Crippen LogP) is 2.66. The van der Waals surface area contributed by atoms with Gasteiger partial charge in [0, 0.05) is 6.54 Å². The van der Waals surface area contributed by atoms with Gasteiger partial charge in [0.1, 0.15) is 5.60 Å². The van der Waals surface area contributed by atoms with Crippen molar-refractivity contribution in [3.8, 4) is 12.0 Å². The van der Waals surface area contributed by atoms with Crippen molar-refractivity contribution in [1.29, 1.82) is 0 Å². The number of hydrogen-bond donors (Lipinski definition) is 1. The first kappa shape index (κ1) is 15.5. The molecule has 6 heteroatoms. The quantitative estimate of drug-likeness (QED) is 0.820. The highest BCUT2D eigenvalue weighted by molar-refractivity contribution is 5.27. The molecule has 0 fully saturated rings. The van der Waals surface area contributed by atoms with Crippen LogP contribution in [0.4, 0.5) is 5.95 Å². The average molecular weight is 268 g/mol. The highest BCUT2D eigenvalue weighted by Gasteiger charge is 2.16. The third-order valence-corrected chi connectivity index (χ3v) is 1.96. The minimum atomic E-state index is -0.356. The van der Waals surface area contributed by atoms with Crippen molar-refractivity contribution in [3.63, 3.8) is 0 Å². The lowest BCUT2D eigenvalue weighted by Crippen LogP contribution is -2.24. The molecule has 0 aliphatic rings. The van der Waals surface area contributed by atoms with Crippen LogP contribution in [0, 0.1) is 0 Å². The van der Waals surface area contributed by atoms with Gasteiger partial charge in [-0.25, -0.2) is 0 Å². The van der Waals surface area contributed by atoms with Crippen molar-refractivity contribution in [2.24, 2.45) is 0 Å². The van der Waals surface area contributed by atoms with E-state index in [0.717, 1.165) is 19.4 Å². The van der Waals surface area contributed by atoms with Gasteiger partial charge in [0.15, 0.2) is 0 Å². The number of nitrogens with zero attached hydrogens (tertiary/aromatic N) is 3. The largest absolute Gasteiger partial charge is 0.463 e. The van der Waals surface area contributed by atoms with Gasteiger partial charge < -0.3 is 14.8 Å². The molecule has 108 valence electrons. The van der Waals surface area contributed by atoms with E-state index in [1.165, 1.54) is 0 Å². The fourth-order valence-corrected chi connectivity index (χ4v) is 1.23. The first-order valence-electron chi connectivity index (χ1n) is 6.76. The summed E-state index contributed by atoms with van der Waals surface area (Å²) >= 11 is 0. The Morgan fingerprint density at radius 3 is 2.26 bits per heavy atom. The average Bonchev–Trinajstić information content (AvgIpc) is 2.31. The Morgan fingerprint density at radius 2 is 1.68 bits per heavy atom. The molecule has 0 aliphatic heterocycles. The molecule has 1 rings (SSSR count). The van der Waals surface area contributed by atoms with Crippen LogP contribution >= 0.6 is 0 Å². The fraction of sp³-hybridized carbons (Fsp3) is 0.769. The molecule has 0 amide bonds. The zero-order chi connectivity index (χ0) is 14.3. The number of aromatic nitrogens is 3. The second kappa shape index (κ2) is 7.11. The minimum absolute atomic E-state index is 0.284. The van der Waals surface area contributed by atoms with E-state index in [1.807, 2.05) is 27.7 Å². The lowest BCUT2D eigenvalue weighted by Gasteiger charge is -2.19. The van der Waals surface area contributed by atoms with Crippen LogP contribution in [0.25, 0.3) is 0 Å². The molecule has 0 radical (unpaired) electrons. The van der Waals surface area contributed by atoms with Crippen molar-refractivity contribution in [2.45, 2.75) is 53.1 Å². The summed E-state index contributed by atoms with van der Waals surface area (Å²) in [5.41, 5.74) is -0.356. The van der Waals surface area contributed by atoms with Crippen LogP contribution < -0.4 is 14.8 Å². The molecule has 19 heavy (non-hydrogen) atoms. The van der Waals surface area contributed by atoms with E-state index in [1.54, 1.807) is 0 Å². The molecule has 1 N–H and O–H groups in total. The van der Waals surface area contributed by atoms with Gasteiger partial charge in [-0.2, -0.15) is 9.97 Å². The topological polar surface area (TPSA) is 69.2 Å². The zero-order valence-corrected chi connectivity index (χ0v) is 12.5. The van der Waals surface area contributed by atoms with Crippen molar-refractivity contribution < 1.29 is 9.47 Å². The third kappa shape index (κ3) is 6.22. The number of hydrogen-bond acceptors (Lipinski definition) is 6. The second-order valence-corrected chi connectivity index (χ2v) is 5.21. The first-order chi connectivity index (χ1) is 8.94. The predicted molar refractivity (Wildman–Crippen MR) is 74.8 cm³/mol. The normalized spacial score (nSPS) is 11.2. The van der Waals surface area contributed by atoms with E-state index in [2.05, 4.69) is 27.2 Å². The van der Waals surface area contributed by atoms with Crippen LogP contribution in [-0.2, 0) is 0 Å². The van der Waals surface area contributed by atoms with Crippen LogP contribution in [0.2, 0.25) is 0 Å². The summed E-state index contributed by atoms with van der Waals surface area (Å²) < 4.78 is 11.1. The number of nitrogens with one attached hydrogen (secondary N) is 1. The van der Waals surface area contributed by atoms with Crippen LogP contribution in [0.5, 0.6) is 12.0 Å². The van der Waals surface area contributed by atoms with Crippen molar-refractivity contribution >= 4 is 5.95 Å². The molecule has 1 aromatic heterocycles. The molecular formula is C13H24N4O2. The molecule has 0 aromatic carbocycles. The SMILES string of the molecule is CCCNc1nc(OCCC)nc(OC(C)(C)C)n1. The zero-order valence-electron chi connectivity index (χ0n) is 12.5. The molecule has 0 unspecified atom stereocenters. The Morgan fingerprint density at radius 1 is 1.00 bits per heavy atom. The van der Waals surface area contributed by atoms with Crippen molar-refractivity contribution in [1.82, 2.24) is 15.0 Å². The van der Waals surface area contributed by atoms with Gasteiger partial charge in [0.25, 0.3) is 0 Å². The van der Waals surface area contributed by atoms with E-state index in [-0.39, 0.29) is 11.6 Å².